The zero-order valence-electron chi connectivity index (χ0n) is 9.72. The van der Waals surface area contributed by atoms with E-state index in [9.17, 15) is 0 Å². The van der Waals surface area contributed by atoms with Gasteiger partial charge in [-0.2, -0.15) is 0 Å². The summed E-state index contributed by atoms with van der Waals surface area (Å²) >= 11 is 0. The zero-order valence-corrected chi connectivity index (χ0v) is 9.72. The predicted octanol–water partition coefficient (Wildman–Crippen LogP) is 2.58. The highest BCUT2D eigenvalue weighted by molar-refractivity contribution is 4.85. The van der Waals surface area contributed by atoms with Crippen LogP contribution < -0.4 is 5.32 Å². The van der Waals surface area contributed by atoms with Gasteiger partial charge < -0.3 is 10.1 Å². The number of ether oxygens (including phenoxy) is 1. The lowest BCUT2D eigenvalue weighted by molar-refractivity contribution is 0.102. The van der Waals surface area contributed by atoms with E-state index < -0.39 is 0 Å². The Bertz CT molecular complexity index is 134. The van der Waals surface area contributed by atoms with E-state index in [2.05, 4.69) is 19.2 Å². The van der Waals surface area contributed by atoms with Crippen LogP contribution >= 0.6 is 0 Å². The van der Waals surface area contributed by atoms with Crippen molar-refractivity contribution < 1.29 is 4.74 Å². The molecule has 0 spiro atoms. The van der Waals surface area contributed by atoms with Crippen LogP contribution in [-0.4, -0.2) is 25.8 Å². The third-order valence-electron chi connectivity index (χ3n) is 2.85. The van der Waals surface area contributed by atoms with E-state index in [0.717, 1.165) is 25.7 Å². The fraction of sp³-hybridized carbons (Fsp3) is 1.00. The average Bonchev–Trinajstić information content (AvgIpc) is 2.99. The van der Waals surface area contributed by atoms with E-state index in [4.69, 9.17) is 4.74 Å². The average molecular weight is 199 g/mol. The summed E-state index contributed by atoms with van der Waals surface area (Å²) in [6, 6.07) is 0.627. The molecule has 0 aromatic carbocycles. The lowest BCUT2D eigenvalue weighted by Crippen LogP contribution is -2.35. The first-order valence-electron chi connectivity index (χ1n) is 6.19. The SMILES string of the molecule is CCCCCOCC(NCC)C1CC1. The van der Waals surface area contributed by atoms with Gasteiger partial charge in [-0.1, -0.05) is 26.7 Å². The molecule has 0 aromatic heterocycles. The van der Waals surface area contributed by atoms with Gasteiger partial charge >= 0.3 is 0 Å². The van der Waals surface area contributed by atoms with Crippen molar-refractivity contribution in [2.24, 2.45) is 5.92 Å². The third kappa shape index (κ3) is 4.97. The lowest BCUT2D eigenvalue weighted by Gasteiger charge is -2.17. The zero-order chi connectivity index (χ0) is 10.2. The van der Waals surface area contributed by atoms with E-state index in [-0.39, 0.29) is 0 Å². The van der Waals surface area contributed by atoms with Gasteiger partial charge in [0, 0.05) is 12.6 Å². The molecule has 0 amide bonds. The normalized spacial score (nSPS) is 18.4. The molecule has 0 heterocycles. The van der Waals surface area contributed by atoms with Crippen LogP contribution in [0.15, 0.2) is 0 Å². The number of hydrogen-bond donors (Lipinski definition) is 1. The molecule has 1 atom stereocenters. The highest BCUT2D eigenvalue weighted by Gasteiger charge is 2.30. The summed E-state index contributed by atoms with van der Waals surface area (Å²) in [6.07, 6.45) is 6.60. The molecule has 1 aliphatic rings. The number of likely N-dealkylation sites (N-methyl/N-ethyl adjacent to an activating group) is 1. The van der Waals surface area contributed by atoms with Crippen molar-refractivity contribution in [1.29, 1.82) is 0 Å². The van der Waals surface area contributed by atoms with Crippen LogP contribution in [0.4, 0.5) is 0 Å². The van der Waals surface area contributed by atoms with Gasteiger partial charge in [0.15, 0.2) is 0 Å². The maximum absolute atomic E-state index is 5.69. The van der Waals surface area contributed by atoms with Crippen LogP contribution in [0.5, 0.6) is 0 Å². The Kier molecular flexibility index (Phi) is 6.20. The smallest absolute Gasteiger partial charge is 0.0622 e. The first-order chi connectivity index (χ1) is 6.88. The summed E-state index contributed by atoms with van der Waals surface area (Å²) in [5.74, 6) is 0.904. The van der Waals surface area contributed by atoms with Gasteiger partial charge in [0.2, 0.25) is 0 Å². The maximum atomic E-state index is 5.69. The standard InChI is InChI=1S/C12H25NO/c1-3-5-6-9-14-10-12(13-4-2)11-7-8-11/h11-13H,3-10H2,1-2H3. The Labute approximate surface area is 88.4 Å². The second-order valence-electron chi connectivity index (χ2n) is 4.28. The summed E-state index contributed by atoms with van der Waals surface area (Å²) in [5.41, 5.74) is 0. The molecule has 0 bridgehead atoms. The van der Waals surface area contributed by atoms with E-state index in [0.29, 0.717) is 6.04 Å². The molecule has 0 radical (unpaired) electrons. The highest BCUT2D eigenvalue weighted by Crippen LogP contribution is 2.32. The molecule has 2 nitrogen and oxygen atoms in total. The minimum atomic E-state index is 0.627. The molecule has 1 N–H and O–H groups in total. The minimum absolute atomic E-state index is 0.627. The Hall–Kier alpha value is -0.0800. The fourth-order valence-electron chi connectivity index (χ4n) is 1.79. The van der Waals surface area contributed by atoms with Crippen molar-refractivity contribution in [2.45, 2.75) is 52.0 Å². The van der Waals surface area contributed by atoms with Crippen molar-refractivity contribution in [3.05, 3.63) is 0 Å². The molecule has 0 aromatic rings. The molecule has 1 unspecified atom stereocenters. The summed E-state index contributed by atoms with van der Waals surface area (Å²) in [4.78, 5) is 0. The topological polar surface area (TPSA) is 21.3 Å². The summed E-state index contributed by atoms with van der Waals surface area (Å²) in [7, 11) is 0. The predicted molar refractivity (Wildman–Crippen MR) is 60.5 cm³/mol. The molecule has 1 fully saturated rings. The molecular formula is C12H25NO. The number of rotatable bonds is 9. The van der Waals surface area contributed by atoms with Gasteiger partial charge in [-0.05, 0) is 31.7 Å². The fourth-order valence-corrected chi connectivity index (χ4v) is 1.79. The molecule has 0 saturated heterocycles. The molecule has 84 valence electrons. The molecule has 1 saturated carbocycles. The van der Waals surface area contributed by atoms with Crippen molar-refractivity contribution in [3.63, 3.8) is 0 Å². The van der Waals surface area contributed by atoms with Crippen LogP contribution in [0.2, 0.25) is 0 Å². The molecule has 2 heteroatoms. The van der Waals surface area contributed by atoms with Crippen molar-refractivity contribution in [2.75, 3.05) is 19.8 Å². The van der Waals surface area contributed by atoms with E-state index >= 15 is 0 Å². The van der Waals surface area contributed by atoms with Gasteiger partial charge in [-0.25, -0.2) is 0 Å². The molecule has 1 rings (SSSR count). The van der Waals surface area contributed by atoms with Gasteiger partial charge in [0.1, 0.15) is 0 Å². The second kappa shape index (κ2) is 7.24. The number of nitrogens with one attached hydrogen (secondary N) is 1. The van der Waals surface area contributed by atoms with Crippen LogP contribution in [-0.2, 0) is 4.74 Å². The Balaban J connectivity index is 1.96. The van der Waals surface area contributed by atoms with Gasteiger partial charge in [-0.15, -0.1) is 0 Å². The highest BCUT2D eigenvalue weighted by atomic mass is 16.5. The van der Waals surface area contributed by atoms with Crippen molar-refractivity contribution >= 4 is 0 Å². The molecule has 0 aliphatic heterocycles. The van der Waals surface area contributed by atoms with Gasteiger partial charge in [-0.3, -0.25) is 0 Å². The molecule has 1 aliphatic carbocycles. The maximum Gasteiger partial charge on any atom is 0.0622 e. The quantitative estimate of drug-likeness (QED) is 0.576. The molecule has 14 heavy (non-hydrogen) atoms. The first-order valence-corrected chi connectivity index (χ1v) is 6.19. The monoisotopic (exact) mass is 199 g/mol. The second-order valence-corrected chi connectivity index (χ2v) is 4.28. The van der Waals surface area contributed by atoms with E-state index in [1.165, 1.54) is 32.1 Å². The summed E-state index contributed by atoms with van der Waals surface area (Å²) in [5, 5.41) is 3.51. The van der Waals surface area contributed by atoms with Crippen LogP contribution in [0, 0.1) is 5.92 Å². The largest absolute Gasteiger partial charge is 0.380 e. The first kappa shape index (κ1) is 12.0. The number of hydrogen-bond acceptors (Lipinski definition) is 2. The van der Waals surface area contributed by atoms with Crippen molar-refractivity contribution in [3.8, 4) is 0 Å². The van der Waals surface area contributed by atoms with Crippen LogP contribution in [0.3, 0.4) is 0 Å². The number of unbranched alkanes of at least 4 members (excludes halogenated alkanes) is 2. The summed E-state index contributed by atoms with van der Waals surface area (Å²) < 4.78 is 5.69. The minimum Gasteiger partial charge on any atom is -0.380 e. The Morgan fingerprint density at radius 2 is 2.07 bits per heavy atom. The van der Waals surface area contributed by atoms with E-state index in [1.54, 1.807) is 0 Å². The van der Waals surface area contributed by atoms with E-state index in [1.807, 2.05) is 0 Å². The Morgan fingerprint density at radius 3 is 2.64 bits per heavy atom. The summed E-state index contributed by atoms with van der Waals surface area (Å²) in [6.45, 7) is 7.34. The molecular weight excluding hydrogens is 174 g/mol. The lowest BCUT2D eigenvalue weighted by atomic mass is 10.2. The van der Waals surface area contributed by atoms with Crippen molar-refractivity contribution in [1.82, 2.24) is 5.32 Å². The van der Waals surface area contributed by atoms with Gasteiger partial charge in [0.25, 0.3) is 0 Å². The Morgan fingerprint density at radius 1 is 1.29 bits per heavy atom. The van der Waals surface area contributed by atoms with Crippen LogP contribution in [0.25, 0.3) is 0 Å². The van der Waals surface area contributed by atoms with Crippen LogP contribution in [0.1, 0.15) is 46.0 Å². The third-order valence-corrected chi connectivity index (χ3v) is 2.85. The van der Waals surface area contributed by atoms with Gasteiger partial charge in [0.05, 0.1) is 6.61 Å².